The summed E-state index contributed by atoms with van der Waals surface area (Å²) in [7, 11) is 0. The van der Waals surface area contributed by atoms with Crippen LogP contribution in [-0.2, 0) is 0 Å². The molecule has 2 nitrogen and oxygen atoms in total. The van der Waals surface area contributed by atoms with E-state index in [1.165, 1.54) is 6.92 Å². The molecule has 5 heteroatoms. The van der Waals surface area contributed by atoms with Gasteiger partial charge < -0.3 is 10.8 Å². The van der Waals surface area contributed by atoms with Gasteiger partial charge in [-0.25, -0.2) is 0 Å². The highest BCUT2D eigenvalue weighted by Crippen LogP contribution is 2.21. The lowest BCUT2D eigenvalue weighted by Gasteiger charge is -2.19. The number of alkyl halides is 3. The van der Waals surface area contributed by atoms with Gasteiger partial charge in [-0.3, -0.25) is 0 Å². The van der Waals surface area contributed by atoms with Gasteiger partial charge in [-0.05, 0) is 6.42 Å². The fraction of sp³-hybridized carbons (Fsp3) is 1.00. The Morgan fingerprint density at radius 1 is 1.50 bits per heavy atom. The van der Waals surface area contributed by atoms with Gasteiger partial charge in [-0.2, -0.15) is 13.2 Å². The molecule has 0 saturated carbocycles. The van der Waals surface area contributed by atoms with Crippen LogP contribution in [-0.4, -0.2) is 23.4 Å². The minimum absolute atomic E-state index is 0.0146. The Balaban J connectivity index is 3.94. The first-order valence-corrected chi connectivity index (χ1v) is 2.90. The van der Waals surface area contributed by atoms with E-state index in [-0.39, 0.29) is 6.42 Å². The zero-order chi connectivity index (χ0) is 8.36. The number of rotatable bonds is 2. The van der Waals surface area contributed by atoms with Crippen molar-refractivity contribution in [1.29, 1.82) is 0 Å². The van der Waals surface area contributed by atoms with E-state index >= 15 is 0 Å². The zero-order valence-corrected chi connectivity index (χ0v) is 5.52. The highest BCUT2D eigenvalue weighted by Gasteiger charge is 2.40. The fourth-order valence-electron chi connectivity index (χ4n) is 0.472. The highest BCUT2D eigenvalue weighted by molar-refractivity contribution is 4.77. The second-order valence-corrected chi connectivity index (χ2v) is 2.04. The van der Waals surface area contributed by atoms with Gasteiger partial charge in [0.05, 0.1) is 6.10 Å². The lowest BCUT2D eigenvalue weighted by atomic mass is 10.1. The van der Waals surface area contributed by atoms with Crippen molar-refractivity contribution in [2.75, 3.05) is 0 Å². The van der Waals surface area contributed by atoms with Crippen LogP contribution in [0.5, 0.6) is 0 Å². The summed E-state index contributed by atoms with van der Waals surface area (Å²) in [6.07, 6.45) is -5.96. The first-order chi connectivity index (χ1) is 4.39. The molecule has 0 amide bonds. The lowest BCUT2D eigenvalue weighted by molar-refractivity contribution is -0.168. The summed E-state index contributed by atoms with van der Waals surface area (Å²) in [5, 5.41) is 8.62. The Morgan fingerprint density at radius 3 is 2.00 bits per heavy atom. The van der Waals surface area contributed by atoms with Crippen LogP contribution in [0.2, 0.25) is 0 Å². The van der Waals surface area contributed by atoms with Crippen LogP contribution in [0.3, 0.4) is 0 Å². The van der Waals surface area contributed by atoms with Crippen molar-refractivity contribution >= 4 is 0 Å². The maximum atomic E-state index is 11.6. The van der Waals surface area contributed by atoms with Crippen molar-refractivity contribution in [2.45, 2.75) is 31.7 Å². The predicted octanol–water partition coefficient (Wildman–Crippen LogP) is 0.647. The van der Waals surface area contributed by atoms with Crippen molar-refractivity contribution in [2.24, 2.45) is 5.73 Å². The monoisotopic (exact) mass is 157 g/mol. The second-order valence-electron chi connectivity index (χ2n) is 2.04. The first-order valence-electron chi connectivity index (χ1n) is 2.90. The second kappa shape index (κ2) is 3.21. The molecule has 10 heavy (non-hydrogen) atoms. The van der Waals surface area contributed by atoms with E-state index < -0.39 is 18.3 Å². The largest absolute Gasteiger partial charge is 0.406 e. The molecule has 0 fully saturated rings. The molecule has 0 aliphatic rings. The Morgan fingerprint density at radius 2 is 1.90 bits per heavy atom. The molecule has 0 aliphatic carbocycles. The van der Waals surface area contributed by atoms with E-state index in [2.05, 4.69) is 5.73 Å². The van der Waals surface area contributed by atoms with Crippen molar-refractivity contribution in [3.05, 3.63) is 0 Å². The standard InChI is InChI=1S/C5H10F3NO/c1-2-3(10)4(9)5(6,7)8/h3-4,10H,2,9H2,1H3/t3-,4-/m0/s1. The highest BCUT2D eigenvalue weighted by atomic mass is 19.4. The molecule has 0 aromatic rings. The average molecular weight is 157 g/mol. The molecule has 0 heterocycles. The maximum Gasteiger partial charge on any atom is 0.406 e. The van der Waals surface area contributed by atoms with Crippen LogP contribution in [0.1, 0.15) is 13.3 Å². The van der Waals surface area contributed by atoms with Crippen LogP contribution in [0.4, 0.5) is 13.2 Å². The van der Waals surface area contributed by atoms with Gasteiger partial charge in [0.25, 0.3) is 0 Å². The number of hydrogen-bond donors (Lipinski definition) is 2. The molecule has 0 saturated heterocycles. The van der Waals surface area contributed by atoms with Gasteiger partial charge in [0.2, 0.25) is 0 Å². The van der Waals surface area contributed by atoms with Gasteiger partial charge in [-0.15, -0.1) is 0 Å². The normalized spacial score (nSPS) is 18.6. The van der Waals surface area contributed by atoms with E-state index in [1.54, 1.807) is 0 Å². The van der Waals surface area contributed by atoms with Crippen LogP contribution < -0.4 is 5.73 Å². The van der Waals surface area contributed by atoms with E-state index in [0.29, 0.717) is 0 Å². The zero-order valence-electron chi connectivity index (χ0n) is 5.52. The predicted molar refractivity (Wildman–Crippen MR) is 30.3 cm³/mol. The van der Waals surface area contributed by atoms with Crippen LogP contribution in [0.15, 0.2) is 0 Å². The number of aliphatic hydroxyl groups excluding tert-OH is 1. The molecule has 0 rings (SSSR count). The Kier molecular flexibility index (Phi) is 3.11. The van der Waals surface area contributed by atoms with Gasteiger partial charge in [0.1, 0.15) is 6.04 Å². The molecular weight excluding hydrogens is 147 g/mol. The van der Waals surface area contributed by atoms with Crippen LogP contribution in [0.25, 0.3) is 0 Å². The van der Waals surface area contributed by atoms with Crippen molar-refractivity contribution in [3.63, 3.8) is 0 Å². The summed E-state index contributed by atoms with van der Waals surface area (Å²) >= 11 is 0. The SMILES string of the molecule is CC[C@H](O)[C@H](N)C(F)(F)F. The number of nitrogens with two attached hydrogens (primary N) is 1. The summed E-state index contributed by atoms with van der Waals surface area (Å²) in [6.45, 7) is 1.44. The smallest absolute Gasteiger partial charge is 0.391 e. The maximum absolute atomic E-state index is 11.6. The molecule has 0 aromatic carbocycles. The molecule has 0 spiro atoms. The van der Waals surface area contributed by atoms with Gasteiger partial charge in [0, 0.05) is 0 Å². The minimum atomic E-state index is -4.49. The number of halogens is 3. The van der Waals surface area contributed by atoms with Crippen molar-refractivity contribution < 1.29 is 18.3 Å². The topological polar surface area (TPSA) is 46.2 Å². The molecule has 0 aromatic heterocycles. The molecule has 0 bridgehead atoms. The summed E-state index contributed by atoms with van der Waals surface area (Å²) in [6, 6.07) is -2.11. The lowest BCUT2D eigenvalue weighted by Crippen LogP contribution is -2.46. The van der Waals surface area contributed by atoms with Gasteiger partial charge in [-0.1, -0.05) is 6.92 Å². The molecule has 0 radical (unpaired) electrons. The van der Waals surface area contributed by atoms with E-state index in [0.717, 1.165) is 0 Å². The summed E-state index contributed by atoms with van der Waals surface area (Å²) in [5.41, 5.74) is 4.63. The molecule has 0 unspecified atom stereocenters. The third-order valence-electron chi connectivity index (χ3n) is 1.21. The molecule has 62 valence electrons. The Bertz CT molecular complexity index is 104. The van der Waals surface area contributed by atoms with Gasteiger partial charge >= 0.3 is 6.18 Å². The van der Waals surface area contributed by atoms with Crippen molar-refractivity contribution in [3.8, 4) is 0 Å². The minimum Gasteiger partial charge on any atom is -0.391 e. The molecular formula is C5H10F3NO. The fourth-order valence-corrected chi connectivity index (χ4v) is 0.472. The quantitative estimate of drug-likeness (QED) is 0.618. The molecule has 3 N–H and O–H groups in total. The number of hydrogen-bond acceptors (Lipinski definition) is 2. The summed E-state index contributed by atoms with van der Waals surface area (Å²) < 4.78 is 34.8. The van der Waals surface area contributed by atoms with Crippen molar-refractivity contribution in [1.82, 2.24) is 0 Å². The van der Waals surface area contributed by atoms with Crippen LogP contribution >= 0.6 is 0 Å². The first kappa shape index (κ1) is 9.71. The third-order valence-corrected chi connectivity index (χ3v) is 1.21. The number of aliphatic hydroxyl groups is 1. The summed E-state index contributed by atoms with van der Waals surface area (Å²) in [4.78, 5) is 0. The average Bonchev–Trinajstić information content (AvgIpc) is 1.83. The van der Waals surface area contributed by atoms with E-state index in [4.69, 9.17) is 5.11 Å². The molecule has 2 atom stereocenters. The van der Waals surface area contributed by atoms with Gasteiger partial charge in [0.15, 0.2) is 0 Å². The molecule has 0 aliphatic heterocycles. The Labute approximate surface area is 56.8 Å². The summed E-state index contributed by atoms with van der Waals surface area (Å²) in [5.74, 6) is 0. The van der Waals surface area contributed by atoms with E-state index in [1.807, 2.05) is 0 Å². The Hall–Kier alpha value is -0.290. The van der Waals surface area contributed by atoms with Crippen LogP contribution in [0, 0.1) is 0 Å². The van der Waals surface area contributed by atoms with E-state index in [9.17, 15) is 13.2 Å². The third kappa shape index (κ3) is 2.53.